The summed E-state index contributed by atoms with van der Waals surface area (Å²) in [5, 5.41) is 0. The summed E-state index contributed by atoms with van der Waals surface area (Å²) in [5.74, 6) is 0.233. The minimum absolute atomic E-state index is 0.0581. The molecule has 206 valence electrons. The molecule has 7 nitrogen and oxygen atoms in total. The topological polar surface area (TPSA) is 70.2 Å². The van der Waals surface area contributed by atoms with Crippen LogP contribution in [-0.4, -0.2) is 81.4 Å². The van der Waals surface area contributed by atoms with Crippen LogP contribution < -0.4 is 4.74 Å². The van der Waals surface area contributed by atoms with Gasteiger partial charge in [0, 0.05) is 56.9 Å². The van der Waals surface area contributed by atoms with Crippen LogP contribution in [0.4, 0.5) is 4.39 Å². The van der Waals surface area contributed by atoms with E-state index < -0.39 is 15.8 Å². The average Bonchev–Trinajstić information content (AvgIpc) is 2.95. The van der Waals surface area contributed by atoms with Gasteiger partial charge in [0.2, 0.25) is 10.0 Å². The average molecular weight is 552 g/mol. The van der Waals surface area contributed by atoms with Gasteiger partial charge in [-0.25, -0.2) is 12.8 Å². The Morgan fingerprint density at radius 3 is 2.31 bits per heavy atom. The highest BCUT2D eigenvalue weighted by atomic mass is 32.2. The molecule has 0 bridgehead atoms. The first-order valence-corrected chi connectivity index (χ1v) is 14.4. The maximum absolute atomic E-state index is 13.4. The van der Waals surface area contributed by atoms with E-state index in [9.17, 15) is 17.6 Å². The van der Waals surface area contributed by atoms with Crippen LogP contribution >= 0.6 is 0 Å². The van der Waals surface area contributed by atoms with Crippen molar-refractivity contribution in [1.82, 2.24) is 14.1 Å². The number of hydrogen-bond acceptors (Lipinski definition) is 5. The van der Waals surface area contributed by atoms with Gasteiger partial charge in [-0.1, -0.05) is 48.0 Å². The summed E-state index contributed by atoms with van der Waals surface area (Å²) in [6.45, 7) is 5.27. The lowest BCUT2D eigenvalue weighted by Gasteiger charge is -2.35. The third kappa shape index (κ3) is 7.32. The number of methoxy groups -OCH3 is 1. The number of benzene rings is 3. The smallest absolute Gasteiger partial charge is 0.254 e. The predicted molar refractivity (Wildman–Crippen MR) is 151 cm³/mol. The molecule has 1 heterocycles. The van der Waals surface area contributed by atoms with Crippen molar-refractivity contribution in [2.24, 2.45) is 0 Å². The monoisotopic (exact) mass is 551 g/mol. The van der Waals surface area contributed by atoms with E-state index in [0.717, 1.165) is 29.0 Å². The van der Waals surface area contributed by atoms with E-state index in [2.05, 4.69) is 4.90 Å². The molecule has 0 atom stereocenters. The van der Waals surface area contributed by atoms with E-state index >= 15 is 0 Å². The maximum Gasteiger partial charge on any atom is 0.254 e. The van der Waals surface area contributed by atoms with Crippen LogP contribution in [0.25, 0.3) is 6.08 Å². The van der Waals surface area contributed by atoms with Gasteiger partial charge in [-0.15, -0.1) is 0 Å². The summed E-state index contributed by atoms with van der Waals surface area (Å²) >= 11 is 0. The van der Waals surface area contributed by atoms with Gasteiger partial charge in [-0.05, 0) is 49.4 Å². The van der Waals surface area contributed by atoms with Gasteiger partial charge in [0.05, 0.1) is 12.0 Å². The molecule has 1 aliphatic heterocycles. The van der Waals surface area contributed by atoms with Gasteiger partial charge in [-0.3, -0.25) is 9.69 Å². The quantitative estimate of drug-likeness (QED) is 0.376. The molecule has 1 aliphatic rings. The van der Waals surface area contributed by atoms with Gasteiger partial charge in [-0.2, -0.15) is 4.31 Å². The Labute approximate surface area is 230 Å². The number of ether oxygens (including phenoxy) is 1. The zero-order valence-corrected chi connectivity index (χ0v) is 23.1. The number of rotatable bonds is 10. The highest BCUT2D eigenvalue weighted by Crippen LogP contribution is 2.20. The van der Waals surface area contributed by atoms with Crippen molar-refractivity contribution in [1.29, 1.82) is 0 Å². The Morgan fingerprint density at radius 1 is 0.974 bits per heavy atom. The number of carbonyl (C=O) groups excluding carboxylic acids is 1. The zero-order valence-electron chi connectivity index (χ0n) is 22.3. The third-order valence-electron chi connectivity index (χ3n) is 6.82. The lowest BCUT2D eigenvalue weighted by Crippen LogP contribution is -2.50. The molecule has 0 aliphatic carbocycles. The lowest BCUT2D eigenvalue weighted by molar-refractivity contribution is 0.0745. The number of amides is 1. The van der Waals surface area contributed by atoms with Gasteiger partial charge in [0.25, 0.3) is 5.91 Å². The molecule has 4 rings (SSSR count). The van der Waals surface area contributed by atoms with Crippen molar-refractivity contribution in [2.75, 3.05) is 52.9 Å². The summed E-state index contributed by atoms with van der Waals surface area (Å²) < 4.78 is 46.0. The molecule has 3 aromatic carbocycles. The van der Waals surface area contributed by atoms with Crippen LogP contribution in [0, 0.1) is 12.7 Å². The van der Waals surface area contributed by atoms with Crippen LogP contribution in [0.3, 0.4) is 0 Å². The fourth-order valence-electron chi connectivity index (χ4n) is 4.48. The Bertz CT molecular complexity index is 1380. The van der Waals surface area contributed by atoms with Crippen LogP contribution in [-0.2, 0) is 10.0 Å². The molecule has 0 aromatic heterocycles. The summed E-state index contributed by atoms with van der Waals surface area (Å²) in [5.41, 5.74) is 2.64. The van der Waals surface area contributed by atoms with Crippen LogP contribution in [0.15, 0.2) is 83.8 Å². The Kier molecular flexibility index (Phi) is 9.50. The van der Waals surface area contributed by atoms with E-state index in [-0.39, 0.29) is 10.8 Å². The lowest BCUT2D eigenvalue weighted by atomic mass is 10.1. The van der Waals surface area contributed by atoms with Crippen LogP contribution in [0.5, 0.6) is 5.75 Å². The second-order valence-corrected chi connectivity index (χ2v) is 11.4. The van der Waals surface area contributed by atoms with Crippen molar-refractivity contribution in [3.05, 3.63) is 101 Å². The van der Waals surface area contributed by atoms with Gasteiger partial charge in [0.15, 0.2) is 0 Å². The first-order valence-electron chi connectivity index (χ1n) is 12.9. The summed E-state index contributed by atoms with van der Waals surface area (Å²) in [7, 11) is -2.05. The number of para-hydroxylation sites is 1. The fourth-order valence-corrected chi connectivity index (χ4v) is 5.90. The molecule has 9 heteroatoms. The molecule has 3 aromatic rings. The third-order valence-corrected chi connectivity index (χ3v) is 8.73. The molecule has 0 saturated carbocycles. The number of hydrogen-bond donors (Lipinski definition) is 0. The Morgan fingerprint density at radius 2 is 1.64 bits per heavy atom. The molecule has 1 saturated heterocycles. The number of nitrogens with zero attached hydrogens (tertiary/aromatic N) is 3. The van der Waals surface area contributed by atoms with Crippen molar-refractivity contribution in [3.8, 4) is 5.75 Å². The Balaban J connectivity index is 1.39. The first kappa shape index (κ1) is 28.5. The number of aryl methyl sites for hydroxylation is 1. The largest absolute Gasteiger partial charge is 0.496 e. The van der Waals surface area contributed by atoms with E-state index in [1.807, 2.05) is 67.6 Å². The van der Waals surface area contributed by atoms with Crippen molar-refractivity contribution in [3.63, 3.8) is 0 Å². The van der Waals surface area contributed by atoms with E-state index in [1.54, 1.807) is 12.0 Å². The van der Waals surface area contributed by atoms with Crippen molar-refractivity contribution < 1.29 is 22.3 Å². The summed E-state index contributed by atoms with van der Waals surface area (Å²) in [6.07, 6.45) is 3.91. The Hall–Kier alpha value is -3.53. The van der Waals surface area contributed by atoms with Crippen molar-refractivity contribution in [2.45, 2.75) is 11.8 Å². The van der Waals surface area contributed by atoms with E-state index in [4.69, 9.17) is 4.74 Å². The molecular weight excluding hydrogens is 517 g/mol. The van der Waals surface area contributed by atoms with Crippen LogP contribution in [0.2, 0.25) is 0 Å². The second-order valence-electron chi connectivity index (χ2n) is 9.46. The molecule has 0 unspecified atom stereocenters. The number of halogens is 1. The fraction of sp³-hybridized carbons (Fsp3) is 0.300. The second kappa shape index (κ2) is 13.0. The normalized spacial score (nSPS) is 14.9. The highest BCUT2D eigenvalue weighted by Gasteiger charge is 2.28. The summed E-state index contributed by atoms with van der Waals surface area (Å²) in [4.78, 5) is 17.5. The van der Waals surface area contributed by atoms with Gasteiger partial charge in [0.1, 0.15) is 11.6 Å². The highest BCUT2D eigenvalue weighted by molar-refractivity contribution is 7.89. The maximum atomic E-state index is 13.4. The first-order chi connectivity index (χ1) is 18.8. The molecule has 0 spiro atoms. The predicted octanol–water partition coefficient (Wildman–Crippen LogP) is 4.30. The van der Waals surface area contributed by atoms with Crippen molar-refractivity contribution >= 4 is 22.0 Å². The SMILES string of the molecule is COc1ccccc1C=CCN(CCN1CCN(S(=O)(=O)c2ccc(F)cc2)CC1)C(=O)c1ccc(C)cc1. The standard InChI is InChI=1S/C30H34FN3O4S/c1-24-9-11-26(12-10-24)30(35)33(17-5-7-25-6-3-4-8-29(25)38-2)21-18-32-19-22-34(23-20-32)39(36,37)28-15-13-27(31)14-16-28/h3-16H,17-23H2,1-2H3. The minimum Gasteiger partial charge on any atom is -0.496 e. The number of carbonyl (C=O) groups is 1. The zero-order chi connectivity index (χ0) is 27.8. The molecule has 0 N–H and O–H groups in total. The number of piperazine rings is 1. The van der Waals surface area contributed by atoms with E-state index in [0.29, 0.717) is 51.4 Å². The van der Waals surface area contributed by atoms with Crippen LogP contribution in [0.1, 0.15) is 21.5 Å². The number of sulfonamides is 1. The minimum atomic E-state index is -3.67. The van der Waals surface area contributed by atoms with E-state index in [1.165, 1.54) is 16.4 Å². The van der Waals surface area contributed by atoms with Gasteiger partial charge >= 0.3 is 0 Å². The molecule has 39 heavy (non-hydrogen) atoms. The summed E-state index contributed by atoms with van der Waals surface area (Å²) in [6, 6.07) is 20.1. The molecule has 1 amide bonds. The molecule has 0 radical (unpaired) electrons. The van der Waals surface area contributed by atoms with Gasteiger partial charge < -0.3 is 9.64 Å². The molecule has 1 fully saturated rings. The molecular formula is C30H34FN3O4S.